The molecular weight excluding hydrogens is 440 g/mol. The number of ketones is 1. The number of Topliss-reactive ketones (excluding diaryl/α,β-unsaturated/α-hetero) is 1. The minimum Gasteiger partial charge on any atom is -0.507 e. The van der Waals surface area contributed by atoms with Crippen molar-refractivity contribution in [1.29, 1.82) is 0 Å². The molecule has 1 saturated heterocycles. The molecule has 2 heterocycles. The van der Waals surface area contributed by atoms with E-state index in [1.165, 1.54) is 4.90 Å². The minimum absolute atomic E-state index is 0.0454. The van der Waals surface area contributed by atoms with Crippen molar-refractivity contribution in [2.45, 2.75) is 45.7 Å². The van der Waals surface area contributed by atoms with Crippen LogP contribution in [0.15, 0.2) is 72.6 Å². The van der Waals surface area contributed by atoms with Gasteiger partial charge in [-0.15, -0.1) is 0 Å². The number of aryl methyl sites for hydroxylation is 1. The third kappa shape index (κ3) is 4.69. The maximum atomic E-state index is 13.3. The van der Waals surface area contributed by atoms with E-state index in [0.717, 1.165) is 22.3 Å². The average Bonchev–Trinajstić information content (AvgIpc) is 3.08. The van der Waals surface area contributed by atoms with Crippen LogP contribution in [0.25, 0.3) is 5.76 Å². The lowest BCUT2D eigenvalue weighted by atomic mass is 9.85. The predicted molar refractivity (Wildman–Crippen MR) is 135 cm³/mol. The Morgan fingerprint density at radius 2 is 1.80 bits per heavy atom. The highest BCUT2D eigenvalue weighted by molar-refractivity contribution is 6.46. The lowest BCUT2D eigenvalue weighted by Crippen LogP contribution is -2.29. The number of rotatable bonds is 5. The molecule has 2 aromatic carbocycles. The van der Waals surface area contributed by atoms with Crippen molar-refractivity contribution in [1.82, 2.24) is 9.88 Å². The quantitative estimate of drug-likeness (QED) is 0.310. The molecule has 4 rings (SSSR count). The fourth-order valence-corrected chi connectivity index (χ4v) is 4.42. The highest BCUT2D eigenvalue weighted by Gasteiger charge is 2.46. The van der Waals surface area contributed by atoms with Gasteiger partial charge < -0.3 is 14.7 Å². The third-order valence-corrected chi connectivity index (χ3v) is 6.40. The van der Waals surface area contributed by atoms with Crippen molar-refractivity contribution >= 4 is 17.4 Å². The molecule has 0 spiro atoms. The van der Waals surface area contributed by atoms with Crippen LogP contribution in [0, 0.1) is 6.92 Å². The number of hydrogen-bond donors (Lipinski definition) is 1. The monoisotopic (exact) mass is 470 g/mol. The molecule has 0 bridgehead atoms. The lowest BCUT2D eigenvalue weighted by Gasteiger charge is -2.26. The number of nitrogens with zero attached hydrogens (tertiary/aromatic N) is 2. The summed E-state index contributed by atoms with van der Waals surface area (Å²) in [7, 11) is 1.57. The molecule has 1 N–H and O–H groups in total. The first-order chi connectivity index (χ1) is 16.6. The molecule has 1 aromatic heterocycles. The number of aromatic nitrogens is 1. The molecular formula is C29H30N2O4. The Balaban J connectivity index is 1.87. The molecule has 180 valence electrons. The van der Waals surface area contributed by atoms with E-state index in [1.807, 2.05) is 37.3 Å². The van der Waals surface area contributed by atoms with Crippen molar-refractivity contribution in [2.24, 2.45) is 0 Å². The predicted octanol–water partition coefficient (Wildman–Crippen LogP) is 5.32. The van der Waals surface area contributed by atoms with Crippen molar-refractivity contribution in [3.63, 3.8) is 0 Å². The van der Waals surface area contributed by atoms with Gasteiger partial charge in [0, 0.05) is 24.5 Å². The van der Waals surface area contributed by atoms with E-state index in [-0.39, 0.29) is 23.3 Å². The molecule has 1 aliphatic rings. The second kappa shape index (κ2) is 9.37. The summed E-state index contributed by atoms with van der Waals surface area (Å²) < 4.78 is 5.27. The van der Waals surface area contributed by atoms with Crippen LogP contribution in [0.1, 0.15) is 54.6 Å². The number of pyridine rings is 1. The smallest absolute Gasteiger partial charge is 0.295 e. The third-order valence-electron chi connectivity index (χ3n) is 6.40. The fourth-order valence-electron chi connectivity index (χ4n) is 4.42. The van der Waals surface area contributed by atoms with Gasteiger partial charge in [-0.25, -0.2) is 0 Å². The van der Waals surface area contributed by atoms with Gasteiger partial charge in [-0.2, -0.15) is 0 Å². The first-order valence-electron chi connectivity index (χ1n) is 11.5. The number of aliphatic hydroxyl groups excluding tert-OH is 1. The second-order valence-electron chi connectivity index (χ2n) is 9.84. The van der Waals surface area contributed by atoms with E-state index < -0.39 is 17.7 Å². The molecule has 6 heteroatoms. The Morgan fingerprint density at radius 1 is 1.09 bits per heavy atom. The highest BCUT2D eigenvalue weighted by atomic mass is 16.5. The maximum Gasteiger partial charge on any atom is 0.295 e. The zero-order chi connectivity index (χ0) is 25.3. The number of hydrogen-bond acceptors (Lipinski definition) is 5. The van der Waals surface area contributed by atoms with E-state index in [0.29, 0.717) is 11.3 Å². The Morgan fingerprint density at radius 3 is 2.37 bits per heavy atom. The molecule has 3 aromatic rings. The van der Waals surface area contributed by atoms with Crippen molar-refractivity contribution < 1.29 is 19.4 Å². The molecule has 35 heavy (non-hydrogen) atoms. The molecule has 1 aliphatic heterocycles. The summed E-state index contributed by atoms with van der Waals surface area (Å²) in [4.78, 5) is 32.2. The first-order valence-corrected chi connectivity index (χ1v) is 11.5. The fraction of sp³-hybridized carbons (Fsp3) is 0.276. The van der Waals surface area contributed by atoms with Gasteiger partial charge in [-0.3, -0.25) is 14.6 Å². The lowest BCUT2D eigenvalue weighted by molar-refractivity contribution is -0.140. The molecule has 1 amide bonds. The van der Waals surface area contributed by atoms with E-state index in [9.17, 15) is 14.7 Å². The van der Waals surface area contributed by atoms with Gasteiger partial charge in [0.2, 0.25) is 0 Å². The molecule has 6 nitrogen and oxygen atoms in total. The zero-order valence-electron chi connectivity index (χ0n) is 20.7. The van der Waals surface area contributed by atoms with Crippen LogP contribution in [0.2, 0.25) is 0 Å². The van der Waals surface area contributed by atoms with Crippen molar-refractivity contribution in [3.05, 3.63) is 100 Å². The van der Waals surface area contributed by atoms with Gasteiger partial charge in [0.15, 0.2) is 0 Å². The number of carbonyl (C=O) groups is 2. The van der Waals surface area contributed by atoms with Gasteiger partial charge in [0.25, 0.3) is 11.7 Å². The Hall–Kier alpha value is -3.93. The van der Waals surface area contributed by atoms with Crippen LogP contribution >= 0.6 is 0 Å². The number of carbonyl (C=O) groups excluding carboxylic acids is 2. The van der Waals surface area contributed by atoms with Crippen LogP contribution < -0.4 is 4.74 Å². The summed E-state index contributed by atoms with van der Waals surface area (Å²) in [6.07, 6.45) is 3.33. The van der Waals surface area contributed by atoms with E-state index in [1.54, 1.807) is 43.8 Å². The highest BCUT2D eigenvalue weighted by Crippen LogP contribution is 2.41. The number of benzene rings is 2. The van der Waals surface area contributed by atoms with Gasteiger partial charge in [-0.05, 0) is 58.9 Å². The van der Waals surface area contributed by atoms with Gasteiger partial charge in [0.1, 0.15) is 11.5 Å². The Bertz CT molecular complexity index is 1290. The topological polar surface area (TPSA) is 79.7 Å². The maximum absolute atomic E-state index is 13.3. The number of amides is 1. The van der Waals surface area contributed by atoms with Crippen molar-refractivity contribution in [2.75, 3.05) is 7.11 Å². The summed E-state index contributed by atoms with van der Waals surface area (Å²) >= 11 is 0. The molecule has 1 atom stereocenters. The van der Waals surface area contributed by atoms with Crippen molar-refractivity contribution in [3.8, 4) is 5.75 Å². The SMILES string of the molecule is COc1ccc(/C(O)=C2\C(=O)C(=O)N(Cc3cccnc3)C2c2ccc(C(C)(C)C)cc2)c(C)c1. The summed E-state index contributed by atoms with van der Waals surface area (Å²) in [5.41, 5.74) is 3.95. The van der Waals surface area contributed by atoms with Crippen LogP contribution in [-0.4, -0.2) is 33.8 Å². The normalized spacial score (nSPS) is 17.6. The Labute approximate surface area is 205 Å². The largest absolute Gasteiger partial charge is 0.507 e. The Kier molecular flexibility index (Phi) is 6.48. The summed E-state index contributed by atoms with van der Waals surface area (Å²) in [6.45, 7) is 8.41. The van der Waals surface area contributed by atoms with E-state index in [4.69, 9.17) is 4.74 Å². The molecule has 0 saturated carbocycles. The number of likely N-dealkylation sites (tertiary alicyclic amines) is 1. The molecule has 0 radical (unpaired) electrons. The van der Waals surface area contributed by atoms with E-state index >= 15 is 0 Å². The van der Waals surface area contributed by atoms with Gasteiger partial charge in [0.05, 0.1) is 18.7 Å². The average molecular weight is 471 g/mol. The standard InChI is InChI=1S/C29H30N2O4/c1-18-15-22(35-5)12-13-23(18)26(32)24-25(20-8-10-21(11-9-20)29(2,3)4)31(28(34)27(24)33)17-19-7-6-14-30-16-19/h6-16,25,32H,17H2,1-5H3/b26-24+. The molecule has 0 aliphatic carbocycles. The second-order valence-corrected chi connectivity index (χ2v) is 9.84. The summed E-state index contributed by atoms with van der Waals surface area (Å²) in [6, 6.07) is 16.0. The van der Waals surface area contributed by atoms with Crippen LogP contribution in [-0.2, 0) is 21.5 Å². The van der Waals surface area contributed by atoms with Crippen LogP contribution in [0.3, 0.4) is 0 Å². The number of aliphatic hydroxyl groups is 1. The zero-order valence-corrected chi connectivity index (χ0v) is 20.7. The molecule has 1 unspecified atom stereocenters. The molecule has 1 fully saturated rings. The van der Waals surface area contributed by atoms with Gasteiger partial charge >= 0.3 is 0 Å². The number of methoxy groups -OCH3 is 1. The van der Waals surface area contributed by atoms with Crippen LogP contribution in [0.5, 0.6) is 5.75 Å². The van der Waals surface area contributed by atoms with Gasteiger partial charge in [-0.1, -0.05) is 51.1 Å². The number of ether oxygens (including phenoxy) is 1. The first kappa shape index (κ1) is 24.2. The minimum atomic E-state index is -0.731. The van der Waals surface area contributed by atoms with Crippen LogP contribution in [0.4, 0.5) is 0 Å². The van der Waals surface area contributed by atoms with E-state index in [2.05, 4.69) is 25.8 Å². The summed E-state index contributed by atoms with van der Waals surface area (Å²) in [5, 5.41) is 11.4. The summed E-state index contributed by atoms with van der Waals surface area (Å²) in [5.74, 6) is -0.898.